The lowest BCUT2D eigenvalue weighted by Gasteiger charge is -2.26. The number of nitrogens with two attached hydrogens (primary N) is 2. The number of terminal acetylenes is 3. The fraction of sp³-hybridized carbons (Fsp3) is 0.446. The van der Waals surface area contributed by atoms with Gasteiger partial charge in [0.25, 0.3) is 5.56 Å². The van der Waals surface area contributed by atoms with Crippen LogP contribution in [0.5, 0.6) is 0 Å². The van der Waals surface area contributed by atoms with Gasteiger partial charge in [0.15, 0.2) is 44.8 Å². The number of aliphatic hydroxyl groups is 8. The second kappa shape index (κ2) is 25.8. The van der Waals surface area contributed by atoms with Gasteiger partial charge < -0.3 is 81.2 Å². The Balaban J connectivity index is 0.000000141. The van der Waals surface area contributed by atoms with Crippen molar-refractivity contribution in [3.05, 3.63) is 101 Å². The van der Waals surface area contributed by atoms with E-state index in [1.54, 1.807) is 19.1 Å². The summed E-state index contributed by atoms with van der Waals surface area (Å²) in [4.78, 5) is 57.7. The smallest absolute Gasteiger partial charge is 0.279 e. The molecule has 0 bridgehead atoms. The van der Waals surface area contributed by atoms with Gasteiger partial charge in [-0.05, 0) is 19.1 Å². The first-order valence-corrected chi connectivity index (χ1v) is 27.0. The van der Waals surface area contributed by atoms with Crippen molar-refractivity contribution in [1.29, 1.82) is 0 Å². The van der Waals surface area contributed by atoms with Gasteiger partial charge in [0, 0.05) is 24.7 Å². The normalized spacial score (nSPS) is 31.3. The number of nitrogen functional groups attached to an aromatic ring is 2. The van der Waals surface area contributed by atoms with Gasteiger partial charge >= 0.3 is 0 Å². The maximum absolute atomic E-state index is 13.5. The van der Waals surface area contributed by atoms with E-state index in [1.807, 2.05) is 0 Å². The topological polar surface area (TPSA) is 426 Å². The average molecular weight is 1240 g/mol. The van der Waals surface area contributed by atoms with Gasteiger partial charge in [-0.2, -0.15) is 0 Å². The minimum Gasteiger partial charge on any atom is -0.397 e. The third-order valence-corrected chi connectivity index (χ3v) is 16.2. The average Bonchev–Trinajstić information content (AvgIpc) is 1.72. The number of H-pyrrole nitrogens is 2. The van der Waals surface area contributed by atoms with Crippen molar-refractivity contribution in [2.75, 3.05) is 64.6 Å². The van der Waals surface area contributed by atoms with Crippen molar-refractivity contribution in [3.63, 3.8) is 0 Å². The molecule has 8 aromatic heterocycles. The maximum Gasteiger partial charge on any atom is 0.279 e. The Morgan fingerprint density at radius 1 is 0.584 bits per heavy atom. The molecule has 4 aliphatic rings. The molecule has 12 heterocycles. The lowest BCUT2D eigenvalue weighted by Crippen LogP contribution is -2.43. The Hall–Kier alpha value is -8.73. The van der Waals surface area contributed by atoms with Crippen molar-refractivity contribution in [2.45, 2.75) is 78.7 Å². The molecule has 29 nitrogen and oxygen atoms in total. The van der Waals surface area contributed by atoms with E-state index in [0.29, 0.717) is 45.2 Å². The van der Waals surface area contributed by atoms with Crippen molar-refractivity contribution in [3.8, 4) is 37.0 Å². The van der Waals surface area contributed by atoms with Crippen molar-refractivity contribution < 1.29 is 77.4 Å². The van der Waals surface area contributed by atoms with Crippen LogP contribution in [0.1, 0.15) is 30.7 Å². The van der Waals surface area contributed by atoms with Crippen LogP contribution in [-0.4, -0.2) is 204 Å². The number of halogens is 4. The monoisotopic (exact) mass is 1240 g/mol. The van der Waals surface area contributed by atoms with E-state index < -0.39 is 154 Å². The Morgan fingerprint density at radius 3 is 1.39 bits per heavy atom. The number of aliphatic hydroxyl groups excluding tert-OH is 8. The zero-order chi connectivity index (χ0) is 64.5. The Labute approximate surface area is 500 Å². The van der Waals surface area contributed by atoms with E-state index in [4.69, 9.17) is 49.7 Å². The Bertz CT molecular complexity index is 4130. The number of aryl methyl sites for hydroxylation is 1. The number of nitrogens with one attached hydrogen (secondary N) is 2. The van der Waals surface area contributed by atoms with Gasteiger partial charge in [-0.25, -0.2) is 34.9 Å². The number of alkyl halides is 4. The summed E-state index contributed by atoms with van der Waals surface area (Å²) in [6, 6.07) is 4.52. The molecule has 0 spiro atoms. The van der Waals surface area contributed by atoms with Gasteiger partial charge in [0.1, 0.15) is 71.3 Å². The predicted molar refractivity (Wildman–Crippen MR) is 305 cm³/mol. The molecule has 0 saturated carbocycles. The van der Waals surface area contributed by atoms with Crippen LogP contribution in [0.25, 0.3) is 44.7 Å². The summed E-state index contributed by atoms with van der Waals surface area (Å²) >= 11 is 0. The van der Waals surface area contributed by atoms with Crippen molar-refractivity contribution in [2.24, 2.45) is 23.7 Å². The molecule has 0 aliphatic carbocycles. The highest BCUT2D eigenvalue weighted by atomic mass is 19.1. The molecular weight excluding hydrogens is 1180 g/mol. The number of rotatable bonds is 13. The molecule has 4 aliphatic heterocycles. The maximum atomic E-state index is 13.5. The third-order valence-electron chi connectivity index (χ3n) is 16.2. The summed E-state index contributed by atoms with van der Waals surface area (Å²) in [6.07, 6.45) is 18.0. The van der Waals surface area contributed by atoms with E-state index in [9.17, 15) is 68.0 Å². The van der Waals surface area contributed by atoms with Crippen LogP contribution in [0.4, 0.5) is 28.9 Å². The number of hydrogen-bond donors (Lipinski definition) is 12. The number of ether oxygens (including phenoxy) is 4. The largest absolute Gasteiger partial charge is 0.397 e. The standard InChI is InChI=1S/C14H15FN4O4.C14H17FN4O3.C14H15FN4O3.C14H14FN3O4/c1-3-14(5-20)10(21)8(4-15)13(23-14)19-6-16-9-11(19)17-7(2)18-12(9)22;2*1-2-14(6-20)11(21)8(5-15)13(22-14)19-7-18-10-9(16)3-4-17-12(10)19;1-2-14(6-19)11(21)8(5-15)13(22-14)18-7-17-10-9(20)3-4-16-12(10)18/h1,6,8,10,13,20-21H,4-5H2,2H3,(H,17,18,22);2-4,7-8,11,13,20-21H,1,5-6H2,(H2,16,17);1,3-4,7-8,11,13,20-21H,5-6H2,(H2,16,17);1,3-4,7-8,11,13,19,21H,5-6H2,(H,16,20)/t8-,10-,13+,14+;3*8-,11-,13+,14+/m0000/s1. The SMILES string of the molecule is C#C[C@]1(CO)O[C@@H](n2cnc3c(=O)[nH]c(C)nc32)[C@@H](CF)[C@@H]1O.C#C[C@]1(CO)O[C@@H](n2cnc3c(=O)cc[nH]c32)[C@@H](CF)[C@@H]1O.C#C[C@]1(CO)O[C@@H](n2cnc3c(N)ccnc32)[C@@H](CF)[C@@H]1O.C=C[C@]1(CO)O[C@@H](n2cnc3c(N)ccnc32)[C@@H](CF)[C@@H]1O. The van der Waals surface area contributed by atoms with Crippen LogP contribution in [0.3, 0.4) is 0 Å². The third kappa shape index (κ3) is 10.8. The minimum absolute atomic E-state index is 0.0634. The highest BCUT2D eigenvalue weighted by molar-refractivity contribution is 5.84. The second-order valence-electron chi connectivity index (χ2n) is 21.1. The van der Waals surface area contributed by atoms with E-state index in [2.05, 4.69) is 69.2 Å². The number of aromatic amines is 2. The molecule has 8 aromatic rings. The molecule has 33 heteroatoms. The lowest BCUT2D eigenvalue weighted by atomic mass is 9.91. The van der Waals surface area contributed by atoms with E-state index in [0.717, 1.165) is 0 Å². The highest BCUT2D eigenvalue weighted by Crippen LogP contribution is 2.46. The van der Waals surface area contributed by atoms with Crippen LogP contribution in [0, 0.1) is 67.6 Å². The summed E-state index contributed by atoms with van der Waals surface area (Å²) in [5.41, 5.74) is 7.78. The van der Waals surface area contributed by atoms with Gasteiger partial charge in [-0.1, -0.05) is 23.8 Å². The first kappa shape index (κ1) is 64.7. The Kier molecular flexibility index (Phi) is 18.7. The van der Waals surface area contributed by atoms with Gasteiger partial charge in [0.05, 0.1) is 120 Å². The van der Waals surface area contributed by atoms with Gasteiger partial charge in [0.2, 0.25) is 5.43 Å². The summed E-state index contributed by atoms with van der Waals surface area (Å²) in [5, 5.41) is 79.0. The molecule has 0 unspecified atom stereocenters. The van der Waals surface area contributed by atoms with Gasteiger partial charge in [-0.15, -0.1) is 25.8 Å². The van der Waals surface area contributed by atoms with Crippen molar-refractivity contribution >= 4 is 56.0 Å². The van der Waals surface area contributed by atoms with Crippen LogP contribution in [-0.2, 0) is 18.9 Å². The highest BCUT2D eigenvalue weighted by Gasteiger charge is 2.58. The fourth-order valence-electron chi connectivity index (χ4n) is 11.1. The summed E-state index contributed by atoms with van der Waals surface area (Å²) in [6.45, 7) is -0.844. The predicted octanol–water partition coefficient (Wildman–Crippen LogP) is -0.909. The molecule has 4 saturated heterocycles. The number of imidazole rings is 4. The number of aromatic nitrogens is 13. The molecule has 4 fully saturated rings. The molecule has 0 aromatic carbocycles. The van der Waals surface area contributed by atoms with Gasteiger partial charge in [-0.3, -0.25) is 45.4 Å². The van der Waals surface area contributed by atoms with E-state index in [-0.39, 0.29) is 22.1 Å². The quantitative estimate of drug-likeness (QED) is 0.0378. The van der Waals surface area contributed by atoms with Crippen LogP contribution in [0.15, 0.2) is 84.3 Å². The van der Waals surface area contributed by atoms with Crippen LogP contribution in [0.2, 0.25) is 0 Å². The molecule has 472 valence electrons. The number of anilines is 2. The number of pyridine rings is 3. The Morgan fingerprint density at radius 2 is 0.978 bits per heavy atom. The molecule has 0 radical (unpaired) electrons. The molecule has 14 N–H and O–H groups in total. The summed E-state index contributed by atoms with van der Waals surface area (Å²) in [5.74, 6) is 3.10. The van der Waals surface area contributed by atoms with E-state index >= 15 is 0 Å². The molecule has 16 atom stereocenters. The molecule has 12 rings (SSSR count). The molecule has 89 heavy (non-hydrogen) atoms. The zero-order valence-corrected chi connectivity index (χ0v) is 47.0. The van der Waals surface area contributed by atoms with Crippen LogP contribution >= 0.6 is 0 Å². The second-order valence-corrected chi connectivity index (χ2v) is 21.1. The number of fused-ring (bicyclic) bond motifs is 4. The van der Waals surface area contributed by atoms with Crippen molar-refractivity contribution in [1.82, 2.24) is 63.1 Å². The van der Waals surface area contributed by atoms with E-state index in [1.165, 1.54) is 74.3 Å². The lowest BCUT2D eigenvalue weighted by molar-refractivity contribution is -0.0959. The zero-order valence-electron chi connectivity index (χ0n) is 47.0. The number of hydrogen-bond acceptors (Lipinski definition) is 23. The van der Waals surface area contributed by atoms with Crippen LogP contribution < -0.4 is 22.5 Å². The molecule has 0 amide bonds. The molecular formula is C56H61F4N15O14. The first-order chi connectivity index (χ1) is 42.7. The fourth-order valence-corrected chi connectivity index (χ4v) is 11.1. The summed E-state index contributed by atoms with van der Waals surface area (Å²) in [7, 11) is 0. The summed E-state index contributed by atoms with van der Waals surface area (Å²) < 4.78 is 82.0. The minimum atomic E-state index is -1.71. The first-order valence-electron chi connectivity index (χ1n) is 27.0. The number of nitrogens with zero attached hydrogens (tertiary/aromatic N) is 11.